The molecule has 5 nitrogen and oxygen atoms in total. The van der Waals surface area contributed by atoms with Crippen molar-refractivity contribution in [2.45, 2.75) is 45.2 Å². The second-order valence-electron chi connectivity index (χ2n) is 6.08. The molecule has 1 aliphatic rings. The van der Waals surface area contributed by atoms with Crippen LogP contribution in [-0.4, -0.2) is 29.9 Å². The lowest BCUT2D eigenvalue weighted by molar-refractivity contribution is -0.131. The molecule has 0 radical (unpaired) electrons. The van der Waals surface area contributed by atoms with Crippen molar-refractivity contribution >= 4 is 17.5 Å². The smallest absolute Gasteiger partial charge is 0.245 e. The van der Waals surface area contributed by atoms with Crippen LogP contribution in [0.25, 0.3) is 0 Å². The number of carbonyl (C=O) groups excluding carboxylic acids is 2. The third-order valence-corrected chi connectivity index (χ3v) is 3.67. The first-order chi connectivity index (χ1) is 9.88. The van der Waals surface area contributed by atoms with E-state index in [9.17, 15) is 9.59 Å². The summed E-state index contributed by atoms with van der Waals surface area (Å²) in [6, 6.07) is 7.44. The van der Waals surface area contributed by atoms with Gasteiger partial charge >= 0.3 is 0 Å². The number of hydrogen-bond donors (Lipinski definition) is 3. The zero-order chi connectivity index (χ0) is 15.5. The fourth-order valence-corrected chi connectivity index (χ4v) is 2.30. The maximum absolute atomic E-state index is 12.4. The minimum absolute atomic E-state index is 0.0965. The highest BCUT2D eigenvalue weighted by Gasteiger charge is 2.32. The number of piperidine rings is 1. The van der Waals surface area contributed by atoms with Gasteiger partial charge in [-0.15, -0.1) is 0 Å². The SMILES string of the molecule is Cc1ccc(NC(C)(C)C(=O)N[C@@H]2CCCNC2=O)cc1. The number of benzene rings is 1. The van der Waals surface area contributed by atoms with Crippen molar-refractivity contribution in [3.05, 3.63) is 29.8 Å². The Balaban J connectivity index is 1.99. The predicted molar refractivity (Wildman–Crippen MR) is 83.1 cm³/mol. The molecule has 1 aromatic carbocycles. The second-order valence-corrected chi connectivity index (χ2v) is 6.08. The third kappa shape index (κ3) is 3.97. The van der Waals surface area contributed by atoms with Gasteiger partial charge in [0.05, 0.1) is 0 Å². The molecule has 0 aliphatic carbocycles. The van der Waals surface area contributed by atoms with Gasteiger partial charge in [0.2, 0.25) is 11.8 Å². The van der Waals surface area contributed by atoms with Gasteiger partial charge in [0.15, 0.2) is 0 Å². The summed E-state index contributed by atoms with van der Waals surface area (Å²) in [5.41, 5.74) is 1.27. The molecule has 2 amide bonds. The summed E-state index contributed by atoms with van der Waals surface area (Å²) in [6.07, 6.45) is 1.58. The van der Waals surface area contributed by atoms with Crippen LogP contribution in [0.1, 0.15) is 32.3 Å². The van der Waals surface area contributed by atoms with E-state index in [0.717, 1.165) is 12.1 Å². The summed E-state index contributed by atoms with van der Waals surface area (Å²) >= 11 is 0. The molecule has 5 heteroatoms. The molecule has 1 saturated heterocycles. The van der Waals surface area contributed by atoms with E-state index in [-0.39, 0.29) is 11.8 Å². The Morgan fingerprint density at radius 2 is 1.95 bits per heavy atom. The van der Waals surface area contributed by atoms with Gasteiger partial charge < -0.3 is 16.0 Å². The Hall–Kier alpha value is -2.04. The number of carbonyl (C=O) groups is 2. The molecule has 1 heterocycles. The van der Waals surface area contributed by atoms with Crippen LogP contribution in [0.4, 0.5) is 5.69 Å². The van der Waals surface area contributed by atoms with E-state index in [0.29, 0.717) is 13.0 Å². The maximum Gasteiger partial charge on any atom is 0.245 e. The summed E-state index contributed by atoms with van der Waals surface area (Å²) in [5.74, 6) is -0.272. The standard InChI is InChI=1S/C16H23N3O2/c1-11-6-8-12(9-7-11)19-16(2,3)15(21)18-13-5-4-10-17-14(13)20/h6-9,13,19H,4-5,10H2,1-3H3,(H,17,20)(H,18,21)/t13-/m1/s1. The van der Waals surface area contributed by atoms with Crippen LogP contribution in [-0.2, 0) is 9.59 Å². The number of anilines is 1. The molecule has 0 unspecified atom stereocenters. The summed E-state index contributed by atoms with van der Waals surface area (Å²) in [5, 5.41) is 8.80. The Bertz CT molecular complexity index is 523. The van der Waals surface area contributed by atoms with Gasteiger partial charge in [-0.3, -0.25) is 9.59 Å². The van der Waals surface area contributed by atoms with E-state index in [4.69, 9.17) is 0 Å². The van der Waals surface area contributed by atoms with Crippen molar-refractivity contribution in [1.29, 1.82) is 0 Å². The topological polar surface area (TPSA) is 70.2 Å². The molecule has 1 aliphatic heterocycles. The number of nitrogens with one attached hydrogen (secondary N) is 3. The van der Waals surface area contributed by atoms with Crippen LogP contribution in [0.15, 0.2) is 24.3 Å². The van der Waals surface area contributed by atoms with Gasteiger partial charge in [-0.05, 0) is 45.7 Å². The predicted octanol–water partition coefficient (Wildman–Crippen LogP) is 1.58. The molecule has 1 fully saturated rings. The van der Waals surface area contributed by atoms with Crippen molar-refractivity contribution in [2.75, 3.05) is 11.9 Å². The van der Waals surface area contributed by atoms with E-state index < -0.39 is 11.6 Å². The van der Waals surface area contributed by atoms with Gasteiger partial charge in [0.1, 0.15) is 11.6 Å². The van der Waals surface area contributed by atoms with Gasteiger partial charge in [0, 0.05) is 12.2 Å². The summed E-state index contributed by atoms with van der Waals surface area (Å²) in [6.45, 7) is 6.32. The van der Waals surface area contributed by atoms with E-state index in [1.165, 1.54) is 5.56 Å². The van der Waals surface area contributed by atoms with E-state index >= 15 is 0 Å². The zero-order valence-corrected chi connectivity index (χ0v) is 12.8. The molecule has 114 valence electrons. The lowest BCUT2D eigenvalue weighted by Gasteiger charge is -2.30. The highest BCUT2D eigenvalue weighted by molar-refractivity contribution is 5.93. The summed E-state index contributed by atoms with van der Waals surface area (Å²) < 4.78 is 0. The molecule has 21 heavy (non-hydrogen) atoms. The molecule has 0 spiro atoms. The zero-order valence-electron chi connectivity index (χ0n) is 12.8. The van der Waals surface area contributed by atoms with Crippen LogP contribution in [0.5, 0.6) is 0 Å². The average Bonchev–Trinajstić information content (AvgIpc) is 2.43. The lowest BCUT2D eigenvalue weighted by atomic mass is 10.0. The van der Waals surface area contributed by atoms with Crippen molar-refractivity contribution < 1.29 is 9.59 Å². The fourth-order valence-electron chi connectivity index (χ4n) is 2.30. The molecule has 2 rings (SSSR count). The Kier molecular flexibility index (Phi) is 4.50. The number of aryl methyl sites for hydroxylation is 1. The van der Waals surface area contributed by atoms with E-state index in [2.05, 4.69) is 16.0 Å². The lowest BCUT2D eigenvalue weighted by Crippen LogP contribution is -2.56. The van der Waals surface area contributed by atoms with Crippen LogP contribution >= 0.6 is 0 Å². The first-order valence-corrected chi connectivity index (χ1v) is 7.32. The molecule has 3 N–H and O–H groups in total. The quantitative estimate of drug-likeness (QED) is 0.788. The molecule has 0 aromatic heterocycles. The minimum Gasteiger partial charge on any atom is -0.372 e. The normalized spacial score (nSPS) is 18.8. The number of hydrogen-bond acceptors (Lipinski definition) is 3. The molecule has 1 atom stereocenters. The highest BCUT2D eigenvalue weighted by atomic mass is 16.2. The Labute approximate surface area is 125 Å². The number of amides is 2. The van der Waals surface area contributed by atoms with Crippen molar-refractivity contribution in [1.82, 2.24) is 10.6 Å². The molecule has 1 aromatic rings. The van der Waals surface area contributed by atoms with Gasteiger partial charge in [-0.1, -0.05) is 17.7 Å². The van der Waals surface area contributed by atoms with Crippen molar-refractivity contribution in [3.63, 3.8) is 0 Å². The first kappa shape index (κ1) is 15.4. The van der Waals surface area contributed by atoms with Crippen LogP contribution in [0.2, 0.25) is 0 Å². The Morgan fingerprint density at radius 1 is 1.29 bits per heavy atom. The summed E-state index contributed by atoms with van der Waals surface area (Å²) in [4.78, 5) is 24.1. The molecule has 0 bridgehead atoms. The van der Waals surface area contributed by atoms with E-state index in [1.54, 1.807) is 0 Å². The van der Waals surface area contributed by atoms with Crippen molar-refractivity contribution in [3.8, 4) is 0 Å². The summed E-state index contributed by atoms with van der Waals surface area (Å²) in [7, 11) is 0. The molecule has 0 saturated carbocycles. The van der Waals surface area contributed by atoms with Crippen LogP contribution in [0.3, 0.4) is 0 Å². The van der Waals surface area contributed by atoms with Gasteiger partial charge in [-0.2, -0.15) is 0 Å². The monoisotopic (exact) mass is 289 g/mol. The van der Waals surface area contributed by atoms with Gasteiger partial charge in [0.25, 0.3) is 0 Å². The highest BCUT2D eigenvalue weighted by Crippen LogP contribution is 2.16. The van der Waals surface area contributed by atoms with Crippen LogP contribution < -0.4 is 16.0 Å². The van der Waals surface area contributed by atoms with Crippen molar-refractivity contribution in [2.24, 2.45) is 0 Å². The largest absolute Gasteiger partial charge is 0.372 e. The first-order valence-electron chi connectivity index (χ1n) is 7.32. The van der Waals surface area contributed by atoms with Gasteiger partial charge in [-0.25, -0.2) is 0 Å². The molecular weight excluding hydrogens is 266 g/mol. The fraction of sp³-hybridized carbons (Fsp3) is 0.500. The van der Waals surface area contributed by atoms with E-state index in [1.807, 2.05) is 45.0 Å². The maximum atomic E-state index is 12.4. The van der Waals surface area contributed by atoms with Crippen LogP contribution in [0, 0.1) is 6.92 Å². The average molecular weight is 289 g/mol. The Morgan fingerprint density at radius 3 is 2.57 bits per heavy atom. The number of rotatable bonds is 4. The third-order valence-electron chi connectivity index (χ3n) is 3.67. The second kappa shape index (κ2) is 6.16. The minimum atomic E-state index is -0.785. The molecular formula is C16H23N3O2.